The number of non-ortho nitro benzene ring substituents is 1. The van der Waals surface area contributed by atoms with Gasteiger partial charge in [-0.15, -0.1) is 0 Å². The van der Waals surface area contributed by atoms with E-state index in [0.29, 0.717) is 18.8 Å². The van der Waals surface area contributed by atoms with Gasteiger partial charge in [0, 0.05) is 37.3 Å². The molecule has 0 aromatic heterocycles. The number of ether oxygens (including phenoxy) is 1. The van der Waals surface area contributed by atoms with Crippen molar-refractivity contribution in [1.82, 2.24) is 9.62 Å². The molecule has 3 rings (SSSR count). The molecule has 148 valence electrons. The molecule has 28 heavy (non-hydrogen) atoms. The van der Waals surface area contributed by atoms with Gasteiger partial charge in [0.05, 0.1) is 23.0 Å². The Bertz CT molecular complexity index is 969. The van der Waals surface area contributed by atoms with Crippen LogP contribution in [0.5, 0.6) is 0 Å². The van der Waals surface area contributed by atoms with Gasteiger partial charge in [-0.2, -0.15) is 4.31 Å². The van der Waals surface area contributed by atoms with E-state index in [1.807, 2.05) is 0 Å². The minimum atomic E-state index is -3.69. The topological polar surface area (TPSA) is 119 Å². The van der Waals surface area contributed by atoms with E-state index in [4.69, 9.17) is 4.74 Å². The van der Waals surface area contributed by atoms with Crippen LogP contribution in [-0.2, 0) is 21.3 Å². The molecule has 0 aliphatic carbocycles. The number of morpholine rings is 1. The lowest BCUT2D eigenvalue weighted by molar-refractivity contribution is -0.384. The first-order valence-electron chi connectivity index (χ1n) is 8.58. The Balaban J connectivity index is 1.74. The Morgan fingerprint density at radius 1 is 1.11 bits per heavy atom. The van der Waals surface area contributed by atoms with E-state index in [1.54, 1.807) is 18.2 Å². The van der Waals surface area contributed by atoms with Gasteiger partial charge in [0.1, 0.15) is 0 Å². The first-order valence-corrected chi connectivity index (χ1v) is 10.0. The van der Waals surface area contributed by atoms with Gasteiger partial charge in [0.25, 0.3) is 11.6 Å². The van der Waals surface area contributed by atoms with E-state index in [-0.39, 0.29) is 35.8 Å². The van der Waals surface area contributed by atoms with Crippen LogP contribution in [0.3, 0.4) is 0 Å². The van der Waals surface area contributed by atoms with E-state index in [2.05, 4.69) is 5.32 Å². The quantitative estimate of drug-likeness (QED) is 0.575. The van der Waals surface area contributed by atoms with Crippen molar-refractivity contribution in [1.29, 1.82) is 0 Å². The number of nitro benzene ring substituents is 1. The lowest BCUT2D eigenvalue weighted by atomic mass is 10.2. The molecule has 1 N–H and O–H groups in total. The maximum absolute atomic E-state index is 12.9. The van der Waals surface area contributed by atoms with E-state index in [0.717, 1.165) is 0 Å². The maximum atomic E-state index is 12.9. The summed E-state index contributed by atoms with van der Waals surface area (Å²) in [6, 6.07) is 11.7. The second-order valence-corrected chi connectivity index (χ2v) is 8.02. The van der Waals surface area contributed by atoms with Crippen LogP contribution in [0.1, 0.15) is 15.9 Å². The highest BCUT2D eigenvalue weighted by Crippen LogP contribution is 2.21. The lowest BCUT2D eigenvalue weighted by Gasteiger charge is -2.27. The minimum Gasteiger partial charge on any atom is -0.379 e. The molecule has 0 saturated carbocycles. The van der Waals surface area contributed by atoms with Gasteiger partial charge >= 0.3 is 0 Å². The normalized spacial score (nSPS) is 15.1. The Hall–Kier alpha value is -2.82. The van der Waals surface area contributed by atoms with Crippen LogP contribution in [-0.4, -0.2) is 49.9 Å². The smallest absolute Gasteiger partial charge is 0.269 e. The summed E-state index contributed by atoms with van der Waals surface area (Å²) in [4.78, 5) is 22.6. The number of carbonyl (C=O) groups is 1. The summed E-state index contributed by atoms with van der Waals surface area (Å²) in [6.07, 6.45) is 0. The Kier molecular flexibility index (Phi) is 6.02. The molecule has 1 fully saturated rings. The van der Waals surface area contributed by atoms with Crippen LogP contribution in [0, 0.1) is 10.1 Å². The standard InChI is InChI=1S/C18H19N3O6S/c22-18(14-5-7-16(8-6-14)21(23)24)19-13-15-3-1-2-4-17(15)28(25,26)20-9-11-27-12-10-20/h1-8H,9-13H2,(H,19,22). The average molecular weight is 405 g/mol. The SMILES string of the molecule is O=C(NCc1ccccc1S(=O)(=O)N1CCOCC1)c1ccc([N+](=O)[O-])cc1. The first kappa shape index (κ1) is 19.9. The highest BCUT2D eigenvalue weighted by molar-refractivity contribution is 7.89. The van der Waals surface area contributed by atoms with Gasteiger partial charge in [-0.3, -0.25) is 14.9 Å². The van der Waals surface area contributed by atoms with Crippen LogP contribution in [0.2, 0.25) is 0 Å². The molecule has 1 aliphatic heterocycles. The molecule has 0 spiro atoms. The van der Waals surface area contributed by atoms with Crippen LogP contribution < -0.4 is 5.32 Å². The predicted octanol–water partition coefficient (Wildman–Crippen LogP) is 1.55. The molecule has 2 aromatic rings. The summed E-state index contributed by atoms with van der Waals surface area (Å²) in [6.45, 7) is 1.27. The molecule has 1 aliphatic rings. The summed E-state index contributed by atoms with van der Waals surface area (Å²) in [5.74, 6) is -0.450. The predicted molar refractivity (Wildman–Crippen MR) is 100 cm³/mol. The number of rotatable bonds is 6. The fraction of sp³-hybridized carbons (Fsp3) is 0.278. The van der Waals surface area contributed by atoms with Gasteiger partial charge in [0.2, 0.25) is 10.0 Å². The van der Waals surface area contributed by atoms with Crippen LogP contribution in [0.4, 0.5) is 5.69 Å². The molecule has 0 radical (unpaired) electrons. The number of nitro groups is 1. The molecule has 2 aromatic carbocycles. The van der Waals surface area contributed by atoms with Crippen molar-refractivity contribution >= 4 is 21.6 Å². The van der Waals surface area contributed by atoms with Crippen LogP contribution >= 0.6 is 0 Å². The molecule has 1 saturated heterocycles. The highest BCUT2D eigenvalue weighted by atomic mass is 32.2. The molecule has 1 heterocycles. The zero-order valence-electron chi connectivity index (χ0n) is 14.9. The fourth-order valence-electron chi connectivity index (χ4n) is 2.84. The Morgan fingerprint density at radius 2 is 1.75 bits per heavy atom. The van der Waals surface area contributed by atoms with Crippen LogP contribution in [0.15, 0.2) is 53.4 Å². The number of hydrogen-bond acceptors (Lipinski definition) is 6. The molecular weight excluding hydrogens is 386 g/mol. The number of amides is 1. The number of nitrogens with one attached hydrogen (secondary N) is 1. The number of sulfonamides is 1. The zero-order chi connectivity index (χ0) is 20.1. The Morgan fingerprint density at radius 3 is 2.39 bits per heavy atom. The molecule has 0 atom stereocenters. The molecule has 1 amide bonds. The van der Waals surface area contributed by atoms with E-state index >= 15 is 0 Å². The second-order valence-electron chi connectivity index (χ2n) is 6.11. The summed E-state index contributed by atoms with van der Waals surface area (Å²) in [7, 11) is -3.69. The highest BCUT2D eigenvalue weighted by Gasteiger charge is 2.28. The van der Waals surface area contributed by atoms with Gasteiger partial charge < -0.3 is 10.1 Å². The largest absolute Gasteiger partial charge is 0.379 e. The third-order valence-corrected chi connectivity index (χ3v) is 6.34. The van der Waals surface area contributed by atoms with E-state index < -0.39 is 20.9 Å². The number of nitrogens with zero attached hydrogens (tertiary/aromatic N) is 2. The average Bonchev–Trinajstić information content (AvgIpc) is 2.73. The summed E-state index contributed by atoms with van der Waals surface area (Å²) >= 11 is 0. The molecule has 0 bridgehead atoms. The molecular formula is C18H19N3O6S. The minimum absolute atomic E-state index is 0.00949. The van der Waals surface area contributed by atoms with Crippen molar-refractivity contribution in [3.05, 3.63) is 69.8 Å². The molecule has 10 heteroatoms. The summed E-state index contributed by atoms with van der Waals surface area (Å²) < 4.78 is 32.4. The van der Waals surface area contributed by atoms with Crippen LogP contribution in [0.25, 0.3) is 0 Å². The van der Waals surface area contributed by atoms with Gasteiger partial charge in [-0.1, -0.05) is 18.2 Å². The maximum Gasteiger partial charge on any atom is 0.269 e. The van der Waals surface area contributed by atoms with Crippen molar-refractivity contribution in [2.24, 2.45) is 0 Å². The number of benzene rings is 2. The lowest BCUT2D eigenvalue weighted by Crippen LogP contribution is -2.41. The third kappa shape index (κ3) is 4.35. The zero-order valence-corrected chi connectivity index (χ0v) is 15.7. The van der Waals surface area contributed by atoms with E-state index in [1.165, 1.54) is 34.6 Å². The Labute approximate surface area is 162 Å². The monoisotopic (exact) mass is 405 g/mol. The van der Waals surface area contributed by atoms with Gasteiger partial charge in [-0.05, 0) is 23.8 Å². The van der Waals surface area contributed by atoms with Gasteiger partial charge in [-0.25, -0.2) is 8.42 Å². The second kappa shape index (κ2) is 8.46. The summed E-state index contributed by atoms with van der Waals surface area (Å²) in [5.41, 5.74) is 0.599. The van der Waals surface area contributed by atoms with Gasteiger partial charge in [0.15, 0.2) is 0 Å². The van der Waals surface area contributed by atoms with Crippen molar-refractivity contribution in [3.63, 3.8) is 0 Å². The van der Waals surface area contributed by atoms with Crippen molar-refractivity contribution in [2.75, 3.05) is 26.3 Å². The number of carbonyl (C=O) groups excluding carboxylic acids is 1. The van der Waals surface area contributed by atoms with Crippen molar-refractivity contribution in [3.8, 4) is 0 Å². The first-order chi connectivity index (χ1) is 13.4. The fourth-order valence-corrected chi connectivity index (χ4v) is 4.47. The van der Waals surface area contributed by atoms with E-state index in [9.17, 15) is 23.3 Å². The van der Waals surface area contributed by atoms with Crippen molar-refractivity contribution < 1.29 is 22.9 Å². The number of hydrogen-bond donors (Lipinski definition) is 1. The van der Waals surface area contributed by atoms with Crippen molar-refractivity contribution in [2.45, 2.75) is 11.4 Å². The molecule has 0 unspecified atom stereocenters. The molecule has 9 nitrogen and oxygen atoms in total. The summed E-state index contributed by atoms with van der Waals surface area (Å²) in [5, 5.41) is 13.4. The third-order valence-electron chi connectivity index (χ3n) is 4.34.